The fourth-order valence-corrected chi connectivity index (χ4v) is 2.26. The highest BCUT2D eigenvalue weighted by Crippen LogP contribution is 2.23. The average Bonchev–Trinajstić information content (AvgIpc) is 2.73. The van der Waals surface area contributed by atoms with E-state index in [0.717, 1.165) is 19.3 Å². The second kappa shape index (κ2) is 5.19. The van der Waals surface area contributed by atoms with Crippen LogP contribution in [-0.2, 0) is 0 Å². The molecule has 2 unspecified atom stereocenters. The highest BCUT2D eigenvalue weighted by Gasteiger charge is 2.24. The van der Waals surface area contributed by atoms with Crippen molar-refractivity contribution in [2.75, 3.05) is 6.54 Å². The van der Waals surface area contributed by atoms with Crippen molar-refractivity contribution in [2.45, 2.75) is 25.3 Å². The zero-order chi connectivity index (χ0) is 12.3. The Labute approximate surface area is 101 Å². The topological polar surface area (TPSA) is 75.3 Å². The molecule has 1 aromatic rings. The van der Waals surface area contributed by atoms with Crippen LogP contribution in [-0.4, -0.2) is 23.6 Å². The summed E-state index contributed by atoms with van der Waals surface area (Å²) in [5.74, 6) is 0.458. The van der Waals surface area contributed by atoms with Gasteiger partial charge in [-0.25, -0.2) is 0 Å². The maximum Gasteiger partial charge on any atom is 0.251 e. The molecule has 0 saturated heterocycles. The molecule has 4 heteroatoms. The van der Waals surface area contributed by atoms with Crippen molar-refractivity contribution in [1.29, 1.82) is 0 Å². The van der Waals surface area contributed by atoms with E-state index < -0.39 is 0 Å². The Morgan fingerprint density at radius 2 is 2.06 bits per heavy atom. The number of amides is 1. The third kappa shape index (κ3) is 2.97. The molecule has 0 aromatic heterocycles. The van der Waals surface area contributed by atoms with Crippen LogP contribution in [0.1, 0.15) is 29.6 Å². The van der Waals surface area contributed by atoms with Crippen LogP contribution >= 0.6 is 0 Å². The van der Waals surface area contributed by atoms with E-state index in [0.29, 0.717) is 18.0 Å². The first-order chi connectivity index (χ1) is 8.16. The predicted octanol–water partition coefficient (Wildman–Crippen LogP) is 1.25. The van der Waals surface area contributed by atoms with E-state index in [1.54, 1.807) is 12.1 Å². The van der Waals surface area contributed by atoms with Gasteiger partial charge in [0, 0.05) is 18.2 Å². The van der Waals surface area contributed by atoms with Gasteiger partial charge in [-0.1, -0.05) is 6.42 Å². The van der Waals surface area contributed by atoms with Crippen LogP contribution in [0.25, 0.3) is 0 Å². The minimum Gasteiger partial charge on any atom is -0.508 e. The summed E-state index contributed by atoms with van der Waals surface area (Å²) in [5.41, 5.74) is 6.50. The van der Waals surface area contributed by atoms with Crippen molar-refractivity contribution in [3.63, 3.8) is 0 Å². The van der Waals surface area contributed by atoms with Crippen molar-refractivity contribution >= 4 is 5.91 Å². The van der Waals surface area contributed by atoms with E-state index >= 15 is 0 Å². The summed E-state index contributed by atoms with van der Waals surface area (Å²) in [5, 5.41) is 12.0. The first kappa shape index (κ1) is 11.9. The number of rotatable bonds is 3. The van der Waals surface area contributed by atoms with Crippen LogP contribution in [0.2, 0.25) is 0 Å². The Bertz CT molecular complexity index is 389. The molecule has 1 saturated carbocycles. The molecule has 0 radical (unpaired) electrons. The van der Waals surface area contributed by atoms with E-state index in [4.69, 9.17) is 10.8 Å². The van der Waals surface area contributed by atoms with Gasteiger partial charge in [0.1, 0.15) is 5.75 Å². The maximum absolute atomic E-state index is 11.8. The Kier molecular flexibility index (Phi) is 3.64. The van der Waals surface area contributed by atoms with Gasteiger partial charge in [-0.05, 0) is 43.0 Å². The fraction of sp³-hybridized carbons (Fsp3) is 0.462. The Hall–Kier alpha value is -1.55. The molecule has 1 fully saturated rings. The second-order valence-corrected chi connectivity index (χ2v) is 4.61. The maximum atomic E-state index is 11.8. The molecule has 1 aromatic carbocycles. The minimum absolute atomic E-state index is 0.107. The van der Waals surface area contributed by atoms with E-state index in [9.17, 15) is 4.79 Å². The fourth-order valence-electron chi connectivity index (χ4n) is 2.26. The lowest BCUT2D eigenvalue weighted by atomic mass is 10.0. The third-order valence-corrected chi connectivity index (χ3v) is 3.37. The van der Waals surface area contributed by atoms with Gasteiger partial charge in [0.2, 0.25) is 0 Å². The van der Waals surface area contributed by atoms with E-state index in [-0.39, 0.29) is 17.7 Å². The highest BCUT2D eigenvalue weighted by molar-refractivity contribution is 5.94. The summed E-state index contributed by atoms with van der Waals surface area (Å²) in [6, 6.07) is 6.46. The van der Waals surface area contributed by atoms with Crippen LogP contribution in [0.4, 0.5) is 0 Å². The third-order valence-electron chi connectivity index (χ3n) is 3.37. The van der Waals surface area contributed by atoms with Crippen molar-refractivity contribution in [2.24, 2.45) is 11.7 Å². The molecule has 1 aliphatic rings. The second-order valence-electron chi connectivity index (χ2n) is 4.61. The number of aromatic hydroxyl groups is 1. The number of hydrogen-bond acceptors (Lipinski definition) is 3. The SMILES string of the molecule is NC1CCCC1CNC(=O)c1ccc(O)cc1. The van der Waals surface area contributed by atoms with E-state index in [1.807, 2.05) is 0 Å². The molecule has 92 valence electrons. The van der Waals surface area contributed by atoms with Gasteiger partial charge in [0.05, 0.1) is 0 Å². The molecule has 2 atom stereocenters. The van der Waals surface area contributed by atoms with Gasteiger partial charge in [-0.15, -0.1) is 0 Å². The smallest absolute Gasteiger partial charge is 0.251 e. The van der Waals surface area contributed by atoms with Crippen LogP contribution in [0.15, 0.2) is 24.3 Å². The number of phenolic OH excluding ortho intramolecular Hbond substituents is 1. The Morgan fingerprint density at radius 1 is 1.35 bits per heavy atom. The lowest BCUT2D eigenvalue weighted by molar-refractivity contribution is 0.0946. The summed E-state index contributed by atoms with van der Waals surface area (Å²) in [6.45, 7) is 0.640. The summed E-state index contributed by atoms with van der Waals surface area (Å²) in [7, 11) is 0. The molecule has 1 aliphatic carbocycles. The standard InChI is InChI=1S/C13H18N2O2/c14-12-3-1-2-10(12)8-15-13(17)9-4-6-11(16)7-5-9/h4-7,10,12,16H,1-3,8,14H2,(H,15,17). The average molecular weight is 234 g/mol. The van der Waals surface area contributed by atoms with Gasteiger partial charge < -0.3 is 16.2 Å². The quantitative estimate of drug-likeness (QED) is 0.736. The van der Waals surface area contributed by atoms with Gasteiger partial charge in [-0.2, -0.15) is 0 Å². The molecule has 1 amide bonds. The molecule has 0 heterocycles. The highest BCUT2D eigenvalue weighted by atomic mass is 16.3. The van der Waals surface area contributed by atoms with Crippen LogP contribution < -0.4 is 11.1 Å². The summed E-state index contributed by atoms with van der Waals surface area (Å²) in [6.07, 6.45) is 3.30. The molecule has 0 aliphatic heterocycles. The molecule has 2 rings (SSSR count). The number of benzene rings is 1. The van der Waals surface area contributed by atoms with Crippen LogP contribution in [0, 0.1) is 5.92 Å². The van der Waals surface area contributed by atoms with Crippen molar-refractivity contribution in [1.82, 2.24) is 5.32 Å². The molecule has 0 bridgehead atoms. The summed E-state index contributed by atoms with van der Waals surface area (Å²) >= 11 is 0. The molecule has 0 spiro atoms. The Balaban J connectivity index is 1.87. The molecular weight excluding hydrogens is 216 g/mol. The molecular formula is C13H18N2O2. The predicted molar refractivity (Wildman–Crippen MR) is 65.8 cm³/mol. The van der Waals surface area contributed by atoms with E-state index in [1.165, 1.54) is 12.1 Å². The van der Waals surface area contributed by atoms with Crippen molar-refractivity contribution in [3.05, 3.63) is 29.8 Å². The van der Waals surface area contributed by atoms with Gasteiger partial charge >= 0.3 is 0 Å². The summed E-state index contributed by atoms with van der Waals surface area (Å²) in [4.78, 5) is 11.8. The number of nitrogens with two attached hydrogens (primary N) is 1. The van der Waals surface area contributed by atoms with Crippen LogP contribution in [0.3, 0.4) is 0 Å². The Morgan fingerprint density at radius 3 is 2.65 bits per heavy atom. The van der Waals surface area contributed by atoms with Crippen molar-refractivity contribution < 1.29 is 9.90 Å². The number of hydrogen-bond donors (Lipinski definition) is 3. The van der Waals surface area contributed by atoms with Gasteiger partial charge in [0.25, 0.3) is 5.91 Å². The molecule has 4 nitrogen and oxygen atoms in total. The first-order valence-corrected chi connectivity index (χ1v) is 5.99. The molecule has 4 N–H and O–H groups in total. The lowest BCUT2D eigenvalue weighted by Crippen LogP contribution is -2.35. The number of phenols is 1. The molecule has 17 heavy (non-hydrogen) atoms. The lowest BCUT2D eigenvalue weighted by Gasteiger charge is -2.15. The van der Waals surface area contributed by atoms with Gasteiger partial charge in [0.15, 0.2) is 0 Å². The zero-order valence-electron chi connectivity index (χ0n) is 9.73. The van der Waals surface area contributed by atoms with Crippen molar-refractivity contribution in [3.8, 4) is 5.75 Å². The van der Waals surface area contributed by atoms with E-state index in [2.05, 4.69) is 5.32 Å². The number of nitrogens with one attached hydrogen (secondary N) is 1. The monoisotopic (exact) mass is 234 g/mol. The van der Waals surface area contributed by atoms with Gasteiger partial charge in [-0.3, -0.25) is 4.79 Å². The zero-order valence-corrected chi connectivity index (χ0v) is 9.73. The minimum atomic E-state index is -0.107. The normalized spacial score (nSPS) is 23.6. The number of carbonyl (C=O) groups is 1. The van der Waals surface area contributed by atoms with Crippen LogP contribution in [0.5, 0.6) is 5.75 Å². The number of carbonyl (C=O) groups excluding carboxylic acids is 1. The largest absolute Gasteiger partial charge is 0.508 e. The summed E-state index contributed by atoms with van der Waals surface area (Å²) < 4.78 is 0. The first-order valence-electron chi connectivity index (χ1n) is 5.99.